The number of hydrogen-bond acceptors (Lipinski definition) is 8. The van der Waals surface area contributed by atoms with Gasteiger partial charge in [-0.25, -0.2) is 18.2 Å². The molecule has 0 fully saturated rings. The molecule has 0 spiro atoms. The number of nitrogens with one attached hydrogen (secondary N) is 2. The molecule has 0 aliphatic rings. The number of rotatable bonds is 10. The third-order valence-electron chi connectivity index (χ3n) is 5.95. The average Bonchev–Trinajstić information content (AvgIpc) is 3.50. The van der Waals surface area contributed by atoms with Crippen LogP contribution in [0.1, 0.15) is 58.2 Å². The molecular weight excluding hydrogens is 510 g/mol. The first-order valence-electron chi connectivity index (χ1n) is 12.3. The van der Waals surface area contributed by atoms with Crippen molar-refractivity contribution in [2.75, 3.05) is 11.9 Å². The number of anilines is 1. The van der Waals surface area contributed by atoms with Gasteiger partial charge in [0.2, 0.25) is 5.89 Å². The van der Waals surface area contributed by atoms with Crippen molar-refractivity contribution in [3.8, 4) is 11.1 Å². The lowest BCUT2D eigenvalue weighted by atomic mass is 10.1. The van der Waals surface area contributed by atoms with Crippen LogP contribution in [0.4, 0.5) is 9.93 Å². The smallest absolute Gasteiger partial charge is 0.321 e. The molecule has 0 saturated carbocycles. The Labute approximate surface area is 220 Å². The van der Waals surface area contributed by atoms with E-state index in [2.05, 4.69) is 25.8 Å². The Morgan fingerprint density at radius 3 is 2.59 bits per heavy atom. The Kier molecular flexibility index (Phi) is 8.23. The van der Waals surface area contributed by atoms with Crippen LogP contribution in [0.25, 0.3) is 21.3 Å². The summed E-state index contributed by atoms with van der Waals surface area (Å²) in [6.45, 7) is 8.05. The second kappa shape index (κ2) is 11.4. The summed E-state index contributed by atoms with van der Waals surface area (Å²) in [5.41, 5.74) is 2.44. The van der Waals surface area contributed by atoms with Crippen LogP contribution in [0.2, 0.25) is 0 Å². The summed E-state index contributed by atoms with van der Waals surface area (Å²) in [6, 6.07) is 12.4. The molecule has 1 atom stereocenters. The molecule has 2 aromatic carbocycles. The lowest BCUT2D eigenvalue weighted by Crippen LogP contribution is -2.30. The van der Waals surface area contributed by atoms with Gasteiger partial charge in [0, 0.05) is 18.9 Å². The average molecular weight is 542 g/mol. The topological polar surface area (TPSA) is 127 Å². The zero-order chi connectivity index (χ0) is 26.6. The summed E-state index contributed by atoms with van der Waals surface area (Å²) >= 11 is 1.35. The van der Waals surface area contributed by atoms with E-state index in [9.17, 15) is 13.2 Å². The van der Waals surface area contributed by atoms with Crippen LogP contribution in [-0.4, -0.2) is 41.4 Å². The van der Waals surface area contributed by atoms with Crippen LogP contribution in [0.3, 0.4) is 0 Å². The molecule has 0 saturated heterocycles. The number of sulfone groups is 1. The highest BCUT2D eigenvalue weighted by atomic mass is 32.2. The van der Waals surface area contributed by atoms with Crippen LogP contribution >= 0.6 is 11.3 Å². The molecule has 0 radical (unpaired) electrons. The van der Waals surface area contributed by atoms with E-state index in [-0.39, 0.29) is 11.9 Å². The number of benzene rings is 2. The molecule has 0 aliphatic heterocycles. The summed E-state index contributed by atoms with van der Waals surface area (Å²) < 4.78 is 32.0. The highest BCUT2D eigenvalue weighted by Gasteiger charge is 2.23. The molecule has 4 rings (SSSR count). The van der Waals surface area contributed by atoms with Gasteiger partial charge in [0.1, 0.15) is 0 Å². The van der Waals surface area contributed by atoms with Crippen LogP contribution < -0.4 is 10.6 Å². The van der Waals surface area contributed by atoms with E-state index in [1.807, 2.05) is 45.0 Å². The number of nitrogens with zero attached hydrogens (tertiary/aromatic N) is 3. The first kappa shape index (κ1) is 26.7. The second-order valence-electron chi connectivity index (χ2n) is 9.21. The first-order chi connectivity index (χ1) is 17.7. The molecule has 2 heterocycles. The number of fused-ring (bicyclic) bond motifs is 1. The fourth-order valence-electron chi connectivity index (χ4n) is 3.83. The number of thiazole rings is 1. The molecule has 2 N–H and O–H groups in total. The van der Waals surface area contributed by atoms with Crippen LogP contribution in [-0.2, 0) is 16.3 Å². The van der Waals surface area contributed by atoms with E-state index < -0.39 is 15.1 Å². The van der Waals surface area contributed by atoms with Gasteiger partial charge in [-0.2, -0.15) is 4.98 Å². The molecule has 2 amide bonds. The minimum atomic E-state index is -3.39. The predicted molar refractivity (Wildman–Crippen MR) is 146 cm³/mol. The normalized spacial score (nSPS) is 12.7. The zero-order valence-corrected chi connectivity index (χ0v) is 22.9. The Bertz CT molecular complexity index is 1490. The van der Waals surface area contributed by atoms with E-state index in [0.717, 1.165) is 27.8 Å². The molecule has 0 aliphatic carbocycles. The Morgan fingerprint density at radius 2 is 1.86 bits per heavy atom. The van der Waals surface area contributed by atoms with Gasteiger partial charge in [-0.05, 0) is 48.7 Å². The maximum Gasteiger partial charge on any atom is 0.321 e. The molecule has 4 aromatic rings. The fourth-order valence-corrected chi connectivity index (χ4v) is 6.30. The lowest BCUT2D eigenvalue weighted by molar-refractivity contribution is 0.252. The molecule has 37 heavy (non-hydrogen) atoms. The second-order valence-corrected chi connectivity index (χ2v) is 12.6. The maximum absolute atomic E-state index is 12.9. The SMILES string of the molecule is CCCC(C)S(=O)(=O)c1cccc(-c2ccc3nc(NC(=O)NCCc4nc(C(C)C)no4)sc3c2)c1. The van der Waals surface area contributed by atoms with Crippen LogP contribution in [0.15, 0.2) is 51.9 Å². The molecule has 11 heteroatoms. The third-order valence-corrected chi connectivity index (χ3v) is 9.09. The zero-order valence-electron chi connectivity index (χ0n) is 21.3. The quantitative estimate of drug-likeness (QED) is 0.260. The maximum atomic E-state index is 12.9. The monoisotopic (exact) mass is 541 g/mol. The number of carbonyl (C=O) groups excluding carboxylic acids is 1. The summed E-state index contributed by atoms with van der Waals surface area (Å²) in [4.78, 5) is 21.4. The van der Waals surface area contributed by atoms with Gasteiger partial charge in [-0.3, -0.25) is 5.32 Å². The molecule has 1 unspecified atom stereocenters. The van der Waals surface area contributed by atoms with Crippen molar-refractivity contribution in [2.45, 2.75) is 63.0 Å². The minimum Gasteiger partial charge on any atom is -0.339 e. The van der Waals surface area contributed by atoms with E-state index in [0.29, 0.717) is 41.1 Å². The van der Waals surface area contributed by atoms with Crippen molar-refractivity contribution in [3.05, 3.63) is 54.2 Å². The first-order valence-corrected chi connectivity index (χ1v) is 14.7. The molecule has 0 bridgehead atoms. The van der Waals surface area contributed by atoms with Gasteiger partial charge in [-0.15, -0.1) is 0 Å². The van der Waals surface area contributed by atoms with Crippen molar-refractivity contribution in [3.63, 3.8) is 0 Å². The summed E-state index contributed by atoms with van der Waals surface area (Å²) in [5, 5.41) is 9.49. The van der Waals surface area contributed by atoms with Crippen LogP contribution in [0.5, 0.6) is 0 Å². The van der Waals surface area contributed by atoms with Gasteiger partial charge >= 0.3 is 6.03 Å². The number of carbonyl (C=O) groups is 1. The van der Waals surface area contributed by atoms with E-state index >= 15 is 0 Å². The highest BCUT2D eigenvalue weighted by Crippen LogP contribution is 2.32. The van der Waals surface area contributed by atoms with Crippen molar-refractivity contribution >= 4 is 42.6 Å². The molecule has 196 valence electrons. The Balaban J connectivity index is 1.42. The lowest BCUT2D eigenvalue weighted by Gasteiger charge is -2.13. The Hall–Kier alpha value is -3.31. The van der Waals surface area contributed by atoms with Crippen molar-refractivity contribution in [1.29, 1.82) is 0 Å². The van der Waals surface area contributed by atoms with Crippen molar-refractivity contribution in [1.82, 2.24) is 20.4 Å². The fraction of sp³-hybridized carbons (Fsp3) is 0.385. The summed E-state index contributed by atoms with van der Waals surface area (Å²) in [7, 11) is -3.39. The number of aromatic nitrogens is 3. The predicted octanol–water partition coefficient (Wildman–Crippen LogP) is 5.80. The standard InChI is InChI=1S/C26H31N5O4S2/c1-5-7-17(4)37(33,34)20-9-6-8-18(14-20)19-10-11-21-22(15-19)36-26(28-21)30-25(32)27-13-12-23-29-24(16(2)3)31-35-23/h6,8-11,14-17H,5,7,12-13H2,1-4H3,(H2,27,28,30,32). The van der Waals surface area contributed by atoms with Gasteiger partial charge < -0.3 is 9.84 Å². The summed E-state index contributed by atoms with van der Waals surface area (Å²) in [5.74, 6) is 1.31. The number of urea groups is 1. The molecule has 9 nitrogen and oxygen atoms in total. The Morgan fingerprint density at radius 1 is 1.08 bits per heavy atom. The van der Waals surface area contributed by atoms with E-state index in [1.165, 1.54) is 11.3 Å². The third kappa shape index (κ3) is 6.34. The van der Waals surface area contributed by atoms with Crippen molar-refractivity contribution in [2.24, 2.45) is 0 Å². The minimum absolute atomic E-state index is 0.180. The van der Waals surface area contributed by atoms with E-state index in [1.54, 1.807) is 25.1 Å². The number of hydrogen-bond donors (Lipinski definition) is 2. The summed E-state index contributed by atoms with van der Waals surface area (Å²) in [6.07, 6.45) is 1.87. The van der Waals surface area contributed by atoms with Gasteiger partial charge in [0.05, 0.1) is 20.4 Å². The number of amides is 2. The highest BCUT2D eigenvalue weighted by molar-refractivity contribution is 7.92. The van der Waals surface area contributed by atoms with Crippen LogP contribution in [0, 0.1) is 0 Å². The molecule has 2 aromatic heterocycles. The van der Waals surface area contributed by atoms with Gasteiger partial charge in [0.15, 0.2) is 20.8 Å². The largest absolute Gasteiger partial charge is 0.339 e. The van der Waals surface area contributed by atoms with Gasteiger partial charge in [-0.1, -0.05) is 61.9 Å². The van der Waals surface area contributed by atoms with Gasteiger partial charge in [0.25, 0.3) is 0 Å². The van der Waals surface area contributed by atoms with Crippen molar-refractivity contribution < 1.29 is 17.7 Å². The van der Waals surface area contributed by atoms with E-state index in [4.69, 9.17) is 4.52 Å². The molecular formula is C26H31N5O4S2.